The lowest BCUT2D eigenvalue weighted by Gasteiger charge is -2.07. The molecule has 1 aromatic rings. The molecule has 0 aliphatic carbocycles. The summed E-state index contributed by atoms with van der Waals surface area (Å²) in [7, 11) is -3.85. The predicted molar refractivity (Wildman–Crippen MR) is 56.6 cm³/mol. The number of sulfonamides is 1. The first-order valence-corrected chi connectivity index (χ1v) is 5.71. The topological polar surface area (TPSA) is 125 Å². The normalized spacial score (nSPS) is 16.4. The van der Waals surface area contributed by atoms with Gasteiger partial charge in [0.05, 0.1) is 11.3 Å². The van der Waals surface area contributed by atoms with Crippen LogP contribution in [0.15, 0.2) is 23.1 Å². The molecular weight excluding hydrogens is 232 g/mol. The van der Waals surface area contributed by atoms with E-state index >= 15 is 0 Å². The zero-order valence-electron chi connectivity index (χ0n) is 7.94. The Morgan fingerprint density at radius 3 is 2.75 bits per heavy atom. The molecule has 0 radical (unpaired) electrons. The Hall–Kier alpha value is -2.09. The highest BCUT2D eigenvalue weighted by Gasteiger charge is 2.34. The number of anilines is 1. The van der Waals surface area contributed by atoms with Crippen molar-refractivity contribution in [3.8, 4) is 0 Å². The maximum absolute atomic E-state index is 11.6. The van der Waals surface area contributed by atoms with E-state index in [1.54, 1.807) is 0 Å². The average Bonchev–Trinajstić information content (AvgIpc) is 2.37. The van der Waals surface area contributed by atoms with Gasteiger partial charge in [0, 0.05) is 0 Å². The summed E-state index contributed by atoms with van der Waals surface area (Å²) in [5.41, 5.74) is 5.28. The Labute approximate surface area is 91.2 Å². The highest BCUT2D eigenvalue weighted by Crippen LogP contribution is 2.29. The van der Waals surface area contributed by atoms with Crippen molar-refractivity contribution in [3.63, 3.8) is 0 Å². The zero-order valence-corrected chi connectivity index (χ0v) is 8.76. The fourth-order valence-electron chi connectivity index (χ4n) is 1.48. The molecule has 0 saturated carbocycles. The molecule has 1 heterocycles. The van der Waals surface area contributed by atoms with Gasteiger partial charge in [0.15, 0.2) is 5.96 Å². The van der Waals surface area contributed by atoms with Crippen molar-refractivity contribution in [2.45, 2.75) is 4.90 Å². The van der Waals surface area contributed by atoms with Crippen molar-refractivity contribution in [1.29, 1.82) is 5.41 Å². The Morgan fingerprint density at radius 2 is 2.12 bits per heavy atom. The van der Waals surface area contributed by atoms with Crippen LogP contribution in [0.25, 0.3) is 0 Å². The van der Waals surface area contributed by atoms with Gasteiger partial charge >= 0.3 is 0 Å². The molecule has 2 rings (SSSR count). The third-order valence-corrected chi connectivity index (χ3v) is 3.46. The van der Waals surface area contributed by atoms with Gasteiger partial charge in [-0.15, -0.1) is 0 Å². The van der Waals surface area contributed by atoms with Crippen LogP contribution >= 0.6 is 0 Å². The Morgan fingerprint density at radius 1 is 1.44 bits per heavy atom. The molecular formula is C8H8N4O3S. The summed E-state index contributed by atoms with van der Waals surface area (Å²) in [6.07, 6.45) is 0. The van der Waals surface area contributed by atoms with Gasteiger partial charge in [-0.25, -0.2) is 13.1 Å². The molecule has 5 N–H and O–H groups in total. The quantitative estimate of drug-likeness (QED) is 0.386. The van der Waals surface area contributed by atoms with Gasteiger partial charge in [-0.1, -0.05) is 6.07 Å². The van der Waals surface area contributed by atoms with Gasteiger partial charge < -0.3 is 11.1 Å². The summed E-state index contributed by atoms with van der Waals surface area (Å²) < 4.78 is 25.0. The third kappa shape index (κ3) is 1.48. The molecule has 0 spiro atoms. The summed E-state index contributed by atoms with van der Waals surface area (Å²) in [5, 5.41) is 9.41. The first-order valence-electron chi connectivity index (χ1n) is 4.23. The van der Waals surface area contributed by atoms with Crippen LogP contribution in [0, 0.1) is 5.41 Å². The van der Waals surface area contributed by atoms with Gasteiger partial charge in [0.25, 0.3) is 15.9 Å². The monoisotopic (exact) mass is 240 g/mol. The van der Waals surface area contributed by atoms with E-state index < -0.39 is 21.9 Å². The van der Waals surface area contributed by atoms with Gasteiger partial charge in [0.1, 0.15) is 4.90 Å². The molecule has 0 unspecified atom stereocenters. The highest BCUT2D eigenvalue weighted by molar-refractivity contribution is 7.90. The fraction of sp³-hybridized carbons (Fsp3) is 0. The van der Waals surface area contributed by atoms with Crippen LogP contribution in [0.1, 0.15) is 10.4 Å². The van der Waals surface area contributed by atoms with Crippen LogP contribution in [0.3, 0.4) is 0 Å². The predicted octanol–water partition coefficient (Wildman–Crippen LogP) is -0.576. The SMILES string of the molecule is N=C(N)Nc1cccc2c1S(=O)(=O)NC2=O. The van der Waals surface area contributed by atoms with Crippen molar-refractivity contribution in [2.24, 2.45) is 5.73 Å². The lowest BCUT2D eigenvalue weighted by molar-refractivity contribution is 0.0985. The minimum atomic E-state index is -3.85. The van der Waals surface area contributed by atoms with E-state index in [9.17, 15) is 13.2 Å². The van der Waals surface area contributed by atoms with E-state index in [0.29, 0.717) is 0 Å². The van der Waals surface area contributed by atoms with Gasteiger partial charge in [-0.05, 0) is 12.1 Å². The smallest absolute Gasteiger partial charge is 0.267 e. The molecule has 1 aliphatic rings. The molecule has 1 amide bonds. The van der Waals surface area contributed by atoms with Gasteiger partial charge in [-0.2, -0.15) is 0 Å². The van der Waals surface area contributed by atoms with E-state index in [4.69, 9.17) is 11.1 Å². The second kappa shape index (κ2) is 3.20. The number of hydrogen-bond acceptors (Lipinski definition) is 4. The van der Waals surface area contributed by atoms with Crippen molar-refractivity contribution in [2.75, 3.05) is 5.32 Å². The van der Waals surface area contributed by atoms with Crippen molar-refractivity contribution < 1.29 is 13.2 Å². The fourth-order valence-corrected chi connectivity index (χ4v) is 2.79. The molecule has 1 aromatic carbocycles. The molecule has 0 atom stereocenters. The van der Waals surface area contributed by atoms with E-state index in [1.165, 1.54) is 18.2 Å². The van der Waals surface area contributed by atoms with Gasteiger partial charge in [-0.3, -0.25) is 10.2 Å². The summed E-state index contributed by atoms with van der Waals surface area (Å²) in [4.78, 5) is 11.1. The molecule has 1 aliphatic heterocycles. The van der Waals surface area contributed by atoms with Crippen molar-refractivity contribution >= 4 is 27.6 Å². The van der Waals surface area contributed by atoms with Gasteiger partial charge in [0.2, 0.25) is 0 Å². The molecule has 16 heavy (non-hydrogen) atoms. The van der Waals surface area contributed by atoms with Crippen LogP contribution in [-0.4, -0.2) is 20.3 Å². The zero-order chi connectivity index (χ0) is 11.9. The minimum Gasteiger partial charge on any atom is -0.370 e. The summed E-state index contributed by atoms with van der Waals surface area (Å²) in [5.74, 6) is -1.08. The van der Waals surface area contributed by atoms with Crippen molar-refractivity contribution in [1.82, 2.24) is 4.72 Å². The maximum atomic E-state index is 11.6. The van der Waals surface area contributed by atoms with Crippen LogP contribution in [0.5, 0.6) is 0 Å². The number of hydrogen-bond donors (Lipinski definition) is 4. The molecule has 0 saturated heterocycles. The molecule has 8 heteroatoms. The highest BCUT2D eigenvalue weighted by atomic mass is 32.2. The number of benzene rings is 1. The molecule has 0 bridgehead atoms. The number of carbonyl (C=O) groups excluding carboxylic acids is 1. The maximum Gasteiger partial charge on any atom is 0.267 e. The van der Waals surface area contributed by atoms with E-state index in [0.717, 1.165) is 0 Å². The number of carbonyl (C=O) groups is 1. The first kappa shape index (κ1) is 10.4. The van der Waals surface area contributed by atoms with Crippen LogP contribution in [-0.2, 0) is 10.0 Å². The standard InChI is InChI=1S/C8H8N4O3S/c9-8(10)11-5-3-1-2-4-6(5)16(14,15)12-7(4)13/h1-3H,(H,12,13)(H4,9,10,11). The first-order chi connectivity index (χ1) is 7.42. The lowest BCUT2D eigenvalue weighted by atomic mass is 10.2. The number of fused-ring (bicyclic) bond motifs is 1. The third-order valence-electron chi connectivity index (χ3n) is 2.02. The average molecular weight is 240 g/mol. The Kier molecular flexibility index (Phi) is 2.09. The molecule has 0 fully saturated rings. The number of nitrogens with one attached hydrogen (secondary N) is 3. The lowest BCUT2D eigenvalue weighted by Crippen LogP contribution is -2.23. The molecule has 7 nitrogen and oxygen atoms in total. The number of amides is 1. The second-order valence-corrected chi connectivity index (χ2v) is 4.77. The van der Waals surface area contributed by atoms with Crippen molar-refractivity contribution in [3.05, 3.63) is 23.8 Å². The molecule has 84 valence electrons. The second-order valence-electron chi connectivity index (χ2n) is 3.16. The van der Waals surface area contributed by atoms with E-state index in [2.05, 4.69) is 5.32 Å². The minimum absolute atomic E-state index is 0.0475. The summed E-state index contributed by atoms with van der Waals surface area (Å²) >= 11 is 0. The summed E-state index contributed by atoms with van der Waals surface area (Å²) in [6, 6.07) is 4.32. The number of nitrogens with two attached hydrogens (primary N) is 1. The van der Waals surface area contributed by atoms with E-state index in [1.807, 2.05) is 4.72 Å². The van der Waals surface area contributed by atoms with E-state index in [-0.39, 0.29) is 16.1 Å². The van der Waals surface area contributed by atoms with Crippen LogP contribution < -0.4 is 15.8 Å². The number of guanidine groups is 1. The summed E-state index contributed by atoms with van der Waals surface area (Å²) in [6.45, 7) is 0. The Balaban J connectivity index is 2.68. The molecule has 0 aromatic heterocycles. The number of rotatable bonds is 1. The Bertz CT molecular complexity index is 593. The van der Waals surface area contributed by atoms with Crippen LogP contribution in [0.4, 0.5) is 5.69 Å². The van der Waals surface area contributed by atoms with Crippen LogP contribution in [0.2, 0.25) is 0 Å². The largest absolute Gasteiger partial charge is 0.370 e.